The van der Waals surface area contributed by atoms with E-state index in [1.807, 2.05) is 26.0 Å². The van der Waals surface area contributed by atoms with Crippen molar-refractivity contribution in [1.82, 2.24) is 4.90 Å². The Hall–Kier alpha value is -3.91. The van der Waals surface area contributed by atoms with E-state index in [-0.39, 0.29) is 18.7 Å². The number of unbranched alkanes of at least 4 members (excludes halogenated alkanes) is 1. The fourth-order valence-corrected chi connectivity index (χ4v) is 5.14. The Kier molecular flexibility index (Phi) is 7.50. The summed E-state index contributed by atoms with van der Waals surface area (Å²) in [5, 5.41) is 11.6. The Balaban J connectivity index is 1.97. The molecule has 1 N–H and O–H groups in total. The van der Waals surface area contributed by atoms with Crippen LogP contribution in [-0.4, -0.2) is 61.0 Å². The van der Waals surface area contributed by atoms with Crippen LogP contribution < -0.4 is 9.64 Å². The Morgan fingerprint density at radius 3 is 2.57 bits per heavy atom. The van der Waals surface area contributed by atoms with E-state index >= 15 is 0 Å². The largest absolute Gasteiger partial charge is 0.507 e. The number of carbonyl (C=O) groups is 3. The summed E-state index contributed by atoms with van der Waals surface area (Å²) in [5.74, 6) is -1.99. The molecule has 8 heteroatoms. The van der Waals surface area contributed by atoms with Gasteiger partial charge in [-0.15, -0.1) is 0 Å². The second kappa shape index (κ2) is 10.6. The maximum absolute atomic E-state index is 14.3. The summed E-state index contributed by atoms with van der Waals surface area (Å²) in [6, 6.07) is 12.1. The molecule has 0 aromatic heterocycles. The van der Waals surface area contributed by atoms with Crippen LogP contribution in [0.15, 0.2) is 60.7 Å². The van der Waals surface area contributed by atoms with Gasteiger partial charge >= 0.3 is 0 Å². The fraction of sp³-hybridized carbons (Fsp3) is 0.345. The molecule has 37 heavy (non-hydrogen) atoms. The topological polar surface area (TPSA) is 96.4 Å². The smallest absolute Gasteiger partial charge is 0.296 e. The molecular formula is C29H32N2O6. The van der Waals surface area contributed by atoms with Gasteiger partial charge in [0, 0.05) is 31.3 Å². The number of aryl methyl sites for hydroxylation is 1. The molecule has 0 unspecified atom stereocenters. The number of hydrogen-bond donors (Lipinski definition) is 1. The third-order valence-corrected chi connectivity index (χ3v) is 6.87. The van der Waals surface area contributed by atoms with Crippen molar-refractivity contribution >= 4 is 29.0 Å². The molecule has 2 aliphatic heterocycles. The SMILES string of the molecule is C=CCOc1ccc(C(O)=C2C(=O)C(=O)N(CCOC)[C@]23C(=O)N(CCCC)c2ccccc23)cc1C. The summed E-state index contributed by atoms with van der Waals surface area (Å²) in [7, 11) is 1.49. The molecule has 1 spiro atoms. The number of methoxy groups -OCH3 is 1. The first-order valence-electron chi connectivity index (χ1n) is 12.4. The van der Waals surface area contributed by atoms with Gasteiger partial charge in [-0.25, -0.2) is 0 Å². The van der Waals surface area contributed by atoms with Gasteiger partial charge in [0.05, 0.1) is 17.9 Å². The van der Waals surface area contributed by atoms with Crippen molar-refractivity contribution < 1.29 is 29.0 Å². The lowest BCUT2D eigenvalue weighted by atomic mass is 9.81. The first-order chi connectivity index (χ1) is 17.8. The Bertz CT molecular complexity index is 1280. The number of ketones is 1. The van der Waals surface area contributed by atoms with E-state index in [1.165, 1.54) is 12.0 Å². The quantitative estimate of drug-likeness (QED) is 0.228. The lowest BCUT2D eigenvalue weighted by molar-refractivity contribution is -0.144. The summed E-state index contributed by atoms with van der Waals surface area (Å²) in [6.45, 7) is 8.35. The van der Waals surface area contributed by atoms with Crippen LogP contribution in [0.25, 0.3) is 5.76 Å². The lowest BCUT2D eigenvalue weighted by Crippen LogP contribution is -2.52. The molecule has 0 radical (unpaired) electrons. The fourth-order valence-electron chi connectivity index (χ4n) is 5.14. The third kappa shape index (κ3) is 4.11. The minimum absolute atomic E-state index is 0.00685. The number of aliphatic hydroxyl groups excluding tert-OH is 1. The van der Waals surface area contributed by atoms with Crippen molar-refractivity contribution in [3.8, 4) is 5.75 Å². The van der Waals surface area contributed by atoms with Crippen molar-refractivity contribution in [1.29, 1.82) is 0 Å². The summed E-state index contributed by atoms with van der Waals surface area (Å²) >= 11 is 0. The molecule has 194 valence electrons. The van der Waals surface area contributed by atoms with E-state index in [1.54, 1.807) is 41.3 Å². The highest BCUT2D eigenvalue weighted by molar-refractivity contribution is 6.50. The second-order valence-electron chi connectivity index (χ2n) is 9.12. The number of hydrogen-bond acceptors (Lipinski definition) is 6. The van der Waals surface area contributed by atoms with E-state index in [9.17, 15) is 19.5 Å². The van der Waals surface area contributed by atoms with E-state index in [0.717, 1.165) is 18.4 Å². The van der Waals surface area contributed by atoms with Gasteiger partial charge in [0.1, 0.15) is 18.1 Å². The summed E-state index contributed by atoms with van der Waals surface area (Å²) < 4.78 is 10.9. The minimum Gasteiger partial charge on any atom is -0.507 e. The van der Waals surface area contributed by atoms with Gasteiger partial charge in [-0.1, -0.05) is 44.2 Å². The number of fused-ring (bicyclic) bond motifs is 2. The van der Waals surface area contributed by atoms with Crippen LogP contribution in [0.1, 0.15) is 36.5 Å². The predicted molar refractivity (Wildman–Crippen MR) is 140 cm³/mol. The average molecular weight is 505 g/mol. The molecule has 2 amide bonds. The molecule has 4 rings (SSSR count). The van der Waals surface area contributed by atoms with Crippen molar-refractivity contribution in [3.05, 3.63) is 77.4 Å². The number of anilines is 1. The molecule has 1 atom stereocenters. The highest BCUT2D eigenvalue weighted by Gasteiger charge is 2.66. The molecule has 2 aromatic carbocycles. The number of Topliss-reactive ketones (excluding diaryl/α,β-unsaturated/α-hetero) is 1. The maximum Gasteiger partial charge on any atom is 0.296 e. The van der Waals surface area contributed by atoms with Crippen molar-refractivity contribution in [2.24, 2.45) is 0 Å². The average Bonchev–Trinajstić information content (AvgIpc) is 3.27. The molecule has 0 saturated carbocycles. The van der Waals surface area contributed by atoms with Gasteiger partial charge in [-0.2, -0.15) is 0 Å². The van der Waals surface area contributed by atoms with Crippen LogP contribution in [0.5, 0.6) is 5.75 Å². The maximum atomic E-state index is 14.3. The Morgan fingerprint density at radius 1 is 1.14 bits per heavy atom. The molecular weight excluding hydrogens is 472 g/mol. The molecule has 2 aliphatic rings. The number of rotatable bonds is 10. The predicted octanol–water partition coefficient (Wildman–Crippen LogP) is 3.93. The first kappa shape index (κ1) is 26.2. The van der Waals surface area contributed by atoms with Crippen LogP contribution in [0.3, 0.4) is 0 Å². The Morgan fingerprint density at radius 2 is 1.89 bits per heavy atom. The number of likely N-dealkylation sites (tertiary alicyclic amines) is 1. The number of amides is 2. The van der Waals surface area contributed by atoms with Crippen LogP contribution in [0.2, 0.25) is 0 Å². The number of benzene rings is 2. The monoisotopic (exact) mass is 504 g/mol. The van der Waals surface area contributed by atoms with Gasteiger partial charge in [-0.3, -0.25) is 14.4 Å². The highest BCUT2D eigenvalue weighted by Crippen LogP contribution is 2.53. The summed E-state index contributed by atoms with van der Waals surface area (Å²) in [5.41, 5.74) is 0.133. The van der Waals surface area contributed by atoms with Crippen LogP contribution in [-0.2, 0) is 24.7 Å². The van der Waals surface area contributed by atoms with E-state index in [0.29, 0.717) is 35.7 Å². The van der Waals surface area contributed by atoms with Crippen molar-refractivity contribution in [2.75, 3.05) is 38.3 Å². The lowest BCUT2D eigenvalue weighted by Gasteiger charge is -2.34. The summed E-state index contributed by atoms with van der Waals surface area (Å²) in [4.78, 5) is 44.2. The first-order valence-corrected chi connectivity index (χ1v) is 12.4. The van der Waals surface area contributed by atoms with E-state index < -0.39 is 28.9 Å². The van der Waals surface area contributed by atoms with Gasteiger partial charge in [0.15, 0.2) is 5.54 Å². The number of ether oxygens (including phenoxy) is 2. The van der Waals surface area contributed by atoms with Gasteiger partial charge < -0.3 is 24.4 Å². The third-order valence-electron chi connectivity index (χ3n) is 6.87. The van der Waals surface area contributed by atoms with Gasteiger partial charge in [0.2, 0.25) is 0 Å². The number of aliphatic hydroxyl groups is 1. The van der Waals surface area contributed by atoms with Gasteiger partial charge in [0.25, 0.3) is 17.6 Å². The summed E-state index contributed by atoms with van der Waals surface area (Å²) in [6.07, 6.45) is 3.23. The number of para-hydroxylation sites is 1. The molecule has 2 heterocycles. The normalized spacial score (nSPS) is 20.1. The standard InChI is InChI=1S/C29H32N2O6/c1-5-7-14-30-22-11-9-8-10-21(22)29(28(30)35)24(26(33)27(34)31(29)15-17-36-4)25(32)20-12-13-23(19(3)18-20)37-16-6-2/h6,8-13,18,32H,2,5,7,14-17H2,1,3-4H3/t29-/m0/s1. The Labute approximate surface area is 216 Å². The van der Waals surface area contributed by atoms with Gasteiger partial charge in [-0.05, 0) is 43.2 Å². The molecule has 0 bridgehead atoms. The molecule has 1 saturated heterocycles. The minimum atomic E-state index is -1.78. The zero-order valence-corrected chi connectivity index (χ0v) is 21.5. The van der Waals surface area contributed by atoms with Crippen molar-refractivity contribution in [2.45, 2.75) is 32.2 Å². The zero-order chi connectivity index (χ0) is 26.7. The molecule has 2 aromatic rings. The van der Waals surface area contributed by atoms with Crippen LogP contribution in [0, 0.1) is 6.92 Å². The van der Waals surface area contributed by atoms with Crippen LogP contribution >= 0.6 is 0 Å². The number of nitrogens with zero attached hydrogens (tertiary/aromatic N) is 2. The van der Waals surface area contributed by atoms with E-state index in [4.69, 9.17) is 9.47 Å². The van der Waals surface area contributed by atoms with Crippen LogP contribution in [0.4, 0.5) is 5.69 Å². The zero-order valence-electron chi connectivity index (χ0n) is 21.5. The second-order valence-corrected chi connectivity index (χ2v) is 9.12. The van der Waals surface area contributed by atoms with Crippen molar-refractivity contribution in [3.63, 3.8) is 0 Å². The molecule has 1 fully saturated rings. The number of carbonyl (C=O) groups excluding carboxylic acids is 3. The highest BCUT2D eigenvalue weighted by atomic mass is 16.5. The van der Waals surface area contributed by atoms with E-state index in [2.05, 4.69) is 6.58 Å². The molecule has 0 aliphatic carbocycles. The molecule has 8 nitrogen and oxygen atoms in total.